The van der Waals surface area contributed by atoms with Gasteiger partial charge in [-0.2, -0.15) is 0 Å². The lowest BCUT2D eigenvalue weighted by Crippen LogP contribution is -2.26. The molecule has 0 unspecified atom stereocenters. The molecule has 1 nitrogen and oxygen atoms in total. The molecule has 1 aromatic carbocycles. The van der Waals surface area contributed by atoms with E-state index in [4.69, 9.17) is 0 Å². The Bertz CT molecular complexity index is 437. The number of hydrogen-bond donors (Lipinski definition) is 1. The van der Waals surface area contributed by atoms with Crippen molar-refractivity contribution in [2.75, 3.05) is 6.54 Å². The maximum Gasteiger partial charge on any atom is 0.0346 e. The molecule has 1 heterocycles. The third-order valence-electron chi connectivity index (χ3n) is 3.43. The molecule has 1 aliphatic carbocycles. The summed E-state index contributed by atoms with van der Waals surface area (Å²) in [5, 5.41) is 4.96. The molecule has 0 spiro atoms. The molecule has 0 atom stereocenters. The van der Waals surface area contributed by atoms with E-state index in [0.29, 0.717) is 0 Å². The Hall–Kier alpha value is -0.860. The first kappa shape index (κ1) is 10.3. The highest BCUT2D eigenvalue weighted by Gasteiger charge is 2.16. The second kappa shape index (κ2) is 4.56. The van der Waals surface area contributed by atoms with Crippen LogP contribution in [0.4, 0.5) is 0 Å². The molecular weight excluding hydrogens is 214 g/mol. The second-order valence-corrected chi connectivity index (χ2v) is 5.85. The van der Waals surface area contributed by atoms with Crippen LogP contribution in [-0.4, -0.2) is 6.54 Å². The maximum atomic E-state index is 3.57. The average Bonchev–Trinajstić information content (AvgIpc) is 2.64. The average molecular weight is 231 g/mol. The van der Waals surface area contributed by atoms with Crippen molar-refractivity contribution in [3.8, 4) is 0 Å². The van der Waals surface area contributed by atoms with Crippen LogP contribution in [0.3, 0.4) is 0 Å². The van der Waals surface area contributed by atoms with Gasteiger partial charge in [-0.15, -0.1) is 11.3 Å². The van der Waals surface area contributed by atoms with Crippen molar-refractivity contribution in [3.63, 3.8) is 0 Å². The second-order valence-electron chi connectivity index (χ2n) is 4.68. The van der Waals surface area contributed by atoms with Crippen LogP contribution in [0.25, 0.3) is 10.1 Å². The van der Waals surface area contributed by atoms with Gasteiger partial charge in [0, 0.05) is 16.1 Å². The molecule has 0 saturated heterocycles. The first-order chi connectivity index (χ1) is 7.92. The fourth-order valence-electron chi connectivity index (χ4n) is 2.22. The summed E-state index contributed by atoms with van der Waals surface area (Å²) in [6, 6.07) is 10.9. The largest absolute Gasteiger partial charge is 0.312 e. The molecule has 1 saturated carbocycles. The number of rotatable bonds is 4. The Kier molecular flexibility index (Phi) is 2.94. The van der Waals surface area contributed by atoms with Gasteiger partial charge in [-0.1, -0.05) is 24.6 Å². The van der Waals surface area contributed by atoms with Gasteiger partial charge in [-0.05, 0) is 42.8 Å². The Balaban J connectivity index is 1.60. The zero-order chi connectivity index (χ0) is 10.8. The molecule has 1 aromatic heterocycles. The van der Waals surface area contributed by atoms with Crippen LogP contribution in [0.2, 0.25) is 0 Å². The van der Waals surface area contributed by atoms with Crippen LogP contribution in [0.15, 0.2) is 30.3 Å². The summed E-state index contributed by atoms with van der Waals surface area (Å²) < 4.78 is 1.41. The molecule has 1 N–H and O–H groups in total. The van der Waals surface area contributed by atoms with Crippen LogP contribution in [0, 0.1) is 5.92 Å². The van der Waals surface area contributed by atoms with Crippen LogP contribution in [-0.2, 0) is 6.54 Å². The van der Waals surface area contributed by atoms with Crippen molar-refractivity contribution in [3.05, 3.63) is 35.2 Å². The SMILES string of the molecule is c1ccc2sc(CNCC3CCC3)cc2c1. The Morgan fingerprint density at radius 1 is 1.25 bits per heavy atom. The van der Waals surface area contributed by atoms with Crippen LogP contribution >= 0.6 is 11.3 Å². The molecule has 1 aliphatic rings. The monoisotopic (exact) mass is 231 g/mol. The summed E-state index contributed by atoms with van der Waals surface area (Å²) in [4.78, 5) is 1.46. The van der Waals surface area contributed by atoms with Crippen LogP contribution in [0.5, 0.6) is 0 Å². The topological polar surface area (TPSA) is 12.0 Å². The highest BCUT2D eigenvalue weighted by Crippen LogP contribution is 2.27. The smallest absolute Gasteiger partial charge is 0.0346 e. The predicted molar refractivity (Wildman–Crippen MR) is 70.9 cm³/mol. The summed E-state index contributed by atoms with van der Waals surface area (Å²) in [5.41, 5.74) is 0. The van der Waals surface area contributed by atoms with Gasteiger partial charge in [-0.25, -0.2) is 0 Å². The molecule has 16 heavy (non-hydrogen) atoms. The summed E-state index contributed by atoms with van der Waals surface area (Å²) in [5.74, 6) is 0.953. The Morgan fingerprint density at radius 3 is 2.88 bits per heavy atom. The van der Waals surface area contributed by atoms with Crippen molar-refractivity contribution in [2.45, 2.75) is 25.8 Å². The highest BCUT2D eigenvalue weighted by molar-refractivity contribution is 7.19. The van der Waals surface area contributed by atoms with E-state index in [1.54, 1.807) is 0 Å². The van der Waals surface area contributed by atoms with Crippen molar-refractivity contribution in [1.82, 2.24) is 5.32 Å². The van der Waals surface area contributed by atoms with Crippen molar-refractivity contribution in [2.24, 2.45) is 5.92 Å². The third kappa shape index (κ3) is 2.13. The normalized spacial score (nSPS) is 16.5. The Morgan fingerprint density at radius 2 is 2.12 bits per heavy atom. The zero-order valence-corrected chi connectivity index (χ0v) is 10.2. The van der Waals surface area contributed by atoms with Crippen LogP contribution in [0.1, 0.15) is 24.1 Å². The predicted octanol–water partition coefficient (Wildman–Crippen LogP) is 3.79. The van der Waals surface area contributed by atoms with E-state index in [-0.39, 0.29) is 0 Å². The van der Waals surface area contributed by atoms with E-state index < -0.39 is 0 Å². The van der Waals surface area contributed by atoms with Gasteiger partial charge in [0.25, 0.3) is 0 Å². The number of thiophene rings is 1. The summed E-state index contributed by atoms with van der Waals surface area (Å²) in [7, 11) is 0. The molecule has 0 bridgehead atoms. The Labute approximate surface area is 100 Å². The first-order valence-corrected chi connectivity index (χ1v) is 6.91. The van der Waals surface area contributed by atoms with E-state index >= 15 is 0 Å². The van der Waals surface area contributed by atoms with Gasteiger partial charge in [-0.3, -0.25) is 0 Å². The molecule has 84 valence electrons. The van der Waals surface area contributed by atoms with Crippen molar-refractivity contribution in [1.29, 1.82) is 0 Å². The molecule has 0 aliphatic heterocycles. The van der Waals surface area contributed by atoms with E-state index in [2.05, 4.69) is 35.6 Å². The van der Waals surface area contributed by atoms with E-state index in [1.807, 2.05) is 11.3 Å². The lowest BCUT2D eigenvalue weighted by Gasteiger charge is -2.25. The number of hydrogen-bond acceptors (Lipinski definition) is 2. The minimum absolute atomic E-state index is 0.953. The maximum absolute atomic E-state index is 3.57. The zero-order valence-electron chi connectivity index (χ0n) is 9.41. The molecular formula is C14H17NS. The van der Waals surface area contributed by atoms with Crippen LogP contribution < -0.4 is 5.32 Å². The third-order valence-corrected chi connectivity index (χ3v) is 4.55. The lowest BCUT2D eigenvalue weighted by molar-refractivity contribution is 0.301. The fourth-order valence-corrected chi connectivity index (χ4v) is 3.25. The van der Waals surface area contributed by atoms with E-state index in [0.717, 1.165) is 12.5 Å². The summed E-state index contributed by atoms with van der Waals surface area (Å²) in [6.45, 7) is 2.24. The standard InChI is InChI=1S/C14H17NS/c1-2-7-14-12(6-1)8-13(16-14)10-15-9-11-4-3-5-11/h1-2,6-8,11,15H,3-5,9-10H2. The van der Waals surface area contributed by atoms with Gasteiger partial charge >= 0.3 is 0 Å². The molecule has 2 heteroatoms. The van der Waals surface area contributed by atoms with Gasteiger partial charge in [0.05, 0.1) is 0 Å². The van der Waals surface area contributed by atoms with Gasteiger partial charge < -0.3 is 5.32 Å². The van der Waals surface area contributed by atoms with Gasteiger partial charge in [0.1, 0.15) is 0 Å². The fraction of sp³-hybridized carbons (Fsp3) is 0.429. The molecule has 2 aromatic rings. The van der Waals surface area contributed by atoms with Crippen molar-refractivity contribution < 1.29 is 0 Å². The molecule has 1 fully saturated rings. The molecule has 0 radical (unpaired) electrons. The highest BCUT2D eigenvalue weighted by atomic mass is 32.1. The number of benzene rings is 1. The molecule has 3 rings (SSSR count). The molecule has 0 amide bonds. The number of fused-ring (bicyclic) bond motifs is 1. The van der Waals surface area contributed by atoms with Crippen molar-refractivity contribution >= 4 is 21.4 Å². The summed E-state index contributed by atoms with van der Waals surface area (Å²) in [6.07, 6.45) is 4.30. The minimum Gasteiger partial charge on any atom is -0.312 e. The number of nitrogens with one attached hydrogen (secondary N) is 1. The van der Waals surface area contributed by atoms with E-state index in [1.165, 1.54) is 40.8 Å². The first-order valence-electron chi connectivity index (χ1n) is 6.10. The van der Waals surface area contributed by atoms with Gasteiger partial charge in [0.2, 0.25) is 0 Å². The van der Waals surface area contributed by atoms with Gasteiger partial charge in [0.15, 0.2) is 0 Å². The lowest BCUT2D eigenvalue weighted by atomic mass is 9.85. The quantitative estimate of drug-likeness (QED) is 0.844. The summed E-state index contributed by atoms with van der Waals surface area (Å²) >= 11 is 1.91. The van der Waals surface area contributed by atoms with E-state index in [9.17, 15) is 0 Å². The minimum atomic E-state index is 0.953.